The van der Waals surface area contributed by atoms with E-state index in [1.807, 2.05) is 16.7 Å². The second-order valence-electron chi connectivity index (χ2n) is 8.25. The fraction of sp³-hybridized carbons (Fsp3) is 0.391. The number of amides is 1. The number of carbonyl (C=O) groups is 1. The van der Waals surface area contributed by atoms with Crippen molar-refractivity contribution in [1.29, 1.82) is 0 Å². The highest BCUT2D eigenvalue weighted by molar-refractivity contribution is 6.07. The van der Waals surface area contributed by atoms with Gasteiger partial charge in [0, 0.05) is 24.7 Å². The van der Waals surface area contributed by atoms with E-state index in [1.165, 1.54) is 6.07 Å². The molecule has 2 heterocycles. The number of H-pyrrole nitrogens is 1. The number of aromatic amines is 1. The number of anilines is 2. The zero-order valence-electron chi connectivity index (χ0n) is 16.8. The number of benzene rings is 2. The maximum Gasteiger partial charge on any atom is 0.326 e. The highest BCUT2D eigenvalue weighted by atomic mass is 19.1. The third kappa shape index (κ3) is 3.28. The van der Waals surface area contributed by atoms with Gasteiger partial charge in [0.15, 0.2) is 0 Å². The molecule has 1 aliphatic carbocycles. The molecule has 156 valence electrons. The molecule has 3 aromatic rings. The minimum Gasteiger partial charge on any atom is -0.370 e. The molecule has 0 radical (unpaired) electrons. The SMILES string of the molecule is O=C(Nc1c(F)cccc1N1CCCC1)c1ccc2c(c1)[nH]c(=O)n2C1CCCC1. The van der Waals surface area contributed by atoms with Gasteiger partial charge in [-0.2, -0.15) is 0 Å². The van der Waals surface area contributed by atoms with Gasteiger partial charge in [0.2, 0.25) is 0 Å². The van der Waals surface area contributed by atoms with Gasteiger partial charge in [0.05, 0.1) is 16.7 Å². The molecule has 0 bridgehead atoms. The molecule has 7 heteroatoms. The lowest BCUT2D eigenvalue weighted by molar-refractivity contribution is 0.102. The molecule has 6 nitrogen and oxygen atoms in total. The molecule has 0 atom stereocenters. The monoisotopic (exact) mass is 408 g/mol. The van der Waals surface area contributed by atoms with Crippen molar-refractivity contribution >= 4 is 28.3 Å². The van der Waals surface area contributed by atoms with E-state index < -0.39 is 11.7 Å². The van der Waals surface area contributed by atoms with Crippen molar-refractivity contribution in [1.82, 2.24) is 9.55 Å². The number of nitrogens with one attached hydrogen (secondary N) is 2. The van der Waals surface area contributed by atoms with Gasteiger partial charge in [0.1, 0.15) is 11.5 Å². The normalized spacial score (nSPS) is 17.2. The predicted octanol–water partition coefficient (Wildman–Crippen LogP) is 4.44. The summed E-state index contributed by atoms with van der Waals surface area (Å²) >= 11 is 0. The van der Waals surface area contributed by atoms with Gasteiger partial charge in [-0.3, -0.25) is 9.36 Å². The molecular weight excluding hydrogens is 383 g/mol. The van der Waals surface area contributed by atoms with Crippen LogP contribution in [0, 0.1) is 5.82 Å². The van der Waals surface area contributed by atoms with Crippen LogP contribution in [0.3, 0.4) is 0 Å². The minimum absolute atomic E-state index is 0.139. The van der Waals surface area contributed by atoms with Crippen LogP contribution in [0.1, 0.15) is 54.9 Å². The molecule has 0 unspecified atom stereocenters. The lowest BCUT2D eigenvalue weighted by Crippen LogP contribution is -2.22. The maximum atomic E-state index is 14.6. The number of aromatic nitrogens is 2. The van der Waals surface area contributed by atoms with Gasteiger partial charge in [-0.05, 0) is 56.0 Å². The Morgan fingerprint density at radius 2 is 1.83 bits per heavy atom. The molecule has 2 aliphatic rings. The van der Waals surface area contributed by atoms with Crippen molar-refractivity contribution < 1.29 is 9.18 Å². The number of para-hydroxylation sites is 1. The highest BCUT2D eigenvalue weighted by Crippen LogP contribution is 2.33. The largest absolute Gasteiger partial charge is 0.370 e. The van der Waals surface area contributed by atoms with Crippen molar-refractivity contribution in [2.75, 3.05) is 23.3 Å². The van der Waals surface area contributed by atoms with Crippen LogP contribution in [0.5, 0.6) is 0 Å². The number of carbonyl (C=O) groups excluding carboxylic acids is 1. The summed E-state index contributed by atoms with van der Waals surface area (Å²) in [6, 6.07) is 10.3. The summed E-state index contributed by atoms with van der Waals surface area (Å²) in [6.07, 6.45) is 6.39. The van der Waals surface area contributed by atoms with Crippen LogP contribution in [0.25, 0.3) is 11.0 Å². The van der Waals surface area contributed by atoms with Gasteiger partial charge in [-0.1, -0.05) is 18.9 Å². The second kappa shape index (κ2) is 7.63. The second-order valence-corrected chi connectivity index (χ2v) is 8.25. The van der Waals surface area contributed by atoms with Crippen LogP contribution in [0.15, 0.2) is 41.2 Å². The molecule has 2 aromatic carbocycles. The van der Waals surface area contributed by atoms with E-state index in [9.17, 15) is 14.0 Å². The molecule has 1 saturated carbocycles. The number of hydrogen-bond acceptors (Lipinski definition) is 3. The molecular formula is C23H25FN4O2. The van der Waals surface area contributed by atoms with E-state index in [-0.39, 0.29) is 17.4 Å². The van der Waals surface area contributed by atoms with Crippen molar-refractivity contribution in [3.63, 3.8) is 0 Å². The van der Waals surface area contributed by atoms with Crippen LogP contribution in [-0.2, 0) is 0 Å². The molecule has 5 rings (SSSR count). The molecule has 2 N–H and O–H groups in total. The predicted molar refractivity (Wildman–Crippen MR) is 116 cm³/mol. The van der Waals surface area contributed by atoms with Crippen LogP contribution in [0.4, 0.5) is 15.8 Å². The average molecular weight is 408 g/mol. The molecule has 1 aromatic heterocycles. The first-order valence-corrected chi connectivity index (χ1v) is 10.7. The summed E-state index contributed by atoms with van der Waals surface area (Å²) in [5.41, 5.74) is 2.61. The average Bonchev–Trinajstić information content (AvgIpc) is 3.49. The molecule has 2 fully saturated rings. The first-order valence-electron chi connectivity index (χ1n) is 10.7. The Balaban J connectivity index is 1.45. The molecule has 0 spiro atoms. The van der Waals surface area contributed by atoms with Gasteiger partial charge in [-0.15, -0.1) is 0 Å². The standard InChI is InChI=1S/C23H25FN4O2/c24-17-8-5-9-20(27-12-3-4-13-27)21(17)26-22(29)15-10-11-19-18(14-15)25-23(30)28(19)16-6-1-2-7-16/h5,8-11,14,16H,1-4,6-7,12-13H2,(H,25,30)(H,26,29). The zero-order valence-corrected chi connectivity index (χ0v) is 16.8. The summed E-state index contributed by atoms with van der Waals surface area (Å²) in [4.78, 5) is 30.4. The van der Waals surface area contributed by atoms with E-state index in [0.29, 0.717) is 16.8 Å². The number of rotatable bonds is 4. The number of imidazole rings is 1. The van der Waals surface area contributed by atoms with Gasteiger partial charge in [-0.25, -0.2) is 9.18 Å². The lowest BCUT2D eigenvalue weighted by atomic mass is 10.1. The summed E-state index contributed by atoms with van der Waals surface area (Å²) in [5, 5.41) is 2.76. The summed E-state index contributed by atoms with van der Waals surface area (Å²) in [5.74, 6) is -0.841. The Labute approximate surface area is 173 Å². The highest BCUT2D eigenvalue weighted by Gasteiger charge is 2.23. The molecule has 1 amide bonds. The van der Waals surface area contributed by atoms with Crippen LogP contribution < -0.4 is 15.9 Å². The fourth-order valence-electron chi connectivity index (χ4n) is 4.84. The Bertz CT molecular complexity index is 1150. The van der Waals surface area contributed by atoms with Crippen molar-refractivity contribution in [2.24, 2.45) is 0 Å². The van der Waals surface area contributed by atoms with Gasteiger partial charge in [0.25, 0.3) is 5.91 Å². The van der Waals surface area contributed by atoms with E-state index in [2.05, 4.69) is 15.2 Å². The van der Waals surface area contributed by atoms with Crippen LogP contribution in [0.2, 0.25) is 0 Å². The van der Waals surface area contributed by atoms with E-state index in [4.69, 9.17) is 0 Å². The molecule has 1 aliphatic heterocycles. The number of fused-ring (bicyclic) bond motifs is 1. The quantitative estimate of drug-likeness (QED) is 0.671. The van der Waals surface area contributed by atoms with Gasteiger partial charge < -0.3 is 15.2 Å². The summed E-state index contributed by atoms with van der Waals surface area (Å²) < 4.78 is 16.4. The zero-order chi connectivity index (χ0) is 20.7. The third-order valence-corrected chi connectivity index (χ3v) is 6.35. The fourth-order valence-corrected chi connectivity index (χ4v) is 4.84. The third-order valence-electron chi connectivity index (χ3n) is 6.35. The van der Waals surface area contributed by atoms with Gasteiger partial charge >= 0.3 is 5.69 Å². The summed E-state index contributed by atoms with van der Waals surface area (Å²) in [6.45, 7) is 1.71. The number of halogens is 1. The Kier molecular flexibility index (Phi) is 4.81. The Morgan fingerprint density at radius 3 is 2.60 bits per heavy atom. The Hall–Kier alpha value is -3.09. The van der Waals surface area contributed by atoms with Crippen LogP contribution in [-0.4, -0.2) is 28.5 Å². The van der Waals surface area contributed by atoms with E-state index in [1.54, 1.807) is 18.2 Å². The van der Waals surface area contributed by atoms with Crippen LogP contribution >= 0.6 is 0 Å². The smallest absolute Gasteiger partial charge is 0.326 e. The van der Waals surface area contributed by atoms with Crippen molar-refractivity contribution in [3.05, 3.63) is 58.3 Å². The summed E-state index contributed by atoms with van der Waals surface area (Å²) in [7, 11) is 0. The molecule has 30 heavy (non-hydrogen) atoms. The lowest BCUT2D eigenvalue weighted by Gasteiger charge is -2.22. The first-order chi connectivity index (χ1) is 14.6. The molecule has 1 saturated heterocycles. The first kappa shape index (κ1) is 18.9. The maximum absolute atomic E-state index is 14.6. The van der Waals surface area contributed by atoms with E-state index >= 15 is 0 Å². The Morgan fingerprint density at radius 1 is 1.07 bits per heavy atom. The van der Waals surface area contributed by atoms with Crippen molar-refractivity contribution in [3.8, 4) is 0 Å². The minimum atomic E-state index is -0.449. The number of hydrogen-bond donors (Lipinski definition) is 2. The topological polar surface area (TPSA) is 70.1 Å². The van der Waals surface area contributed by atoms with Crippen molar-refractivity contribution in [2.45, 2.75) is 44.6 Å². The number of nitrogens with zero attached hydrogens (tertiary/aromatic N) is 2. The van der Waals surface area contributed by atoms with E-state index in [0.717, 1.165) is 57.1 Å².